The Bertz CT molecular complexity index is 659. The summed E-state index contributed by atoms with van der Waals surface area (Å²) in [6.45, 7) is -0.403. The summed E-state index contributed by atoms with van der Waals surface area (Å²) in [5, 5.41) is 2.97. The quantitative estimate of drug-likeness (QED) is 0.672. The lowest BCUT2D eigenvalue weighted by molar-refractivity contribution is -0.119. The molecule has 108 valence electrons. The third kappa shape index (κ3) is 4.22. The fourth-order valence-electron chi connectivity index (χ4n) is 1.63. The van der Waals surface area contributed by atoms with E-state index in [4.69, 9.17) is 22.1 Å². The molecular weight excluding hydrogens is 292 g/mol. The highest BCUT2D eigenvalue weighted by Gasteiger charge is 2.13. The monoisotopic (exact) mass is 304 g/mol. The highest BCUT2D eigenvalue weighted by atomic mass is 35.5. The molecule has 0 heterocycles. The van der Waals surface area contributed by atoms with E-state index in [0.29, 0.717) is 10.7 Å². The summed E-state index contributed by atoms with van der Waals surface area (Å²) in [5.41, 5.74) is 6.66. The van der Waals surface area contributed by atoms with E-state index in [-0.39, 0.29) is 11.3 Å². The van der Waals surface area contributed by atoms with Gasteiger partial charge >= 0.3 is 5.97 Å². The van der Waals surface area contributed by atoms with E-state index < -0.39 is 18.5 Å². The number of amides is 1. The number of rotatable bonds is 4. The van der Waals surface area contributed by atoms with Gasteiger partial charge < -0.3 is 15.8 Å². The molecule has 0 saturated carbocycles. The van der Waals surface area contributed by atoms with Crippen molar-refractivity contribution in [1.82, 2.24) is 0 Å². The van der Waals surface area contributed by atoms with Crippen molar-refractivity contribution in [3.63, 3.8) is 0 Å². The topological polar surface area (TPSA) is 81.4 Å². The van der Waals surface area contributed by atoms with Crippen molar-refractivity contribution < 1.29 is 14.3 Å². The zero-order valence-corrected chi connectivity index (χ0v) is 11.8. The lowest BCUT2D eigenvalue weighted by Crippen LogP contribution is -2.21. The minimum Gasteiger partial charge on any atom is -0.452 e. The van der Waals surface area contributed by atoms with Crippen molar-refractivity contribution in [1.29, 1.82) is 0 Å². The molecule has 2 rings (SSSR count). The van der Waals surface area contributed by atoms with Gasteiger partial charge in [-0.25, -0.2) is 4.79 Å². The number of carbonyl (C=O) groups is 2. The van der Waals surface area contributed by atoms with Gasteiger partial charge in [0, 0.05) is 16.4 Å². The van der Waals surface area contributed by atoms with Crippen molar-refractivity contribution in [2.24, 2.45) is 0 Å². The first-order chi connectivity index (χ1) is 10.1. The van der Waals surface area contributed by atoms with Crippen LogP contribution in [0.3, 0.4) is 0 Å². The van der Waals surface area contributed by atoms with Crippen LogP contribution in [0.15, 0.2) is 48.5 Å². The average molecular weight is 305 g/mol. The minimum atomic E-state index is -0.696. The van der Waals surface area contributed by atoms with Crippen molar-refractivity contribution in [3.8, 4) is 0 Å². The maximum atomic E-state index is 11.8. The number of anilines is 2. The molecular formula is C15H13ClN2O3. The van der Waals surface area contributed by atoms with Crippen LogP contribution < -0.4 is 11.1 Å². The van der Waals surface area contributed by atoms with Gasteiger partial charge in [0.25, 0.3) is 5.91 Å². The van der Waals surface area contributed by atoms with Crippen LogP contribution in [-0.4, -0.2) is 18.5 Å². The van der Waals surface area contributed by atoms with Crippen LogP contribution in [0.2, 0.25) is 5.02 Å². The number of hydrogen-bond donors (Lipinski definition) is 2. The van der Waals surface area contributed by atoms with Gasteiger partial charge in [-0.1, -0.05) is 29.8 Å². The molecule has 3 N–H and O–H groups in total. The average Bonchev–Trinajstić information content (AvgIpc) is 2.48. The normalized spacial score (nSPS) is 9.95. The molecule has 1 amide bonds. The number of nitrogens with two attached hydrogens (primary N) is 1. The number of carbonyl (C=O) groups excluding carboxylic acids is 2. The van der Waals surface area contributed by atoms with Crippen LogP contribution in [0.1, 0.15) is 10.4 Å². The van der Waals surface area contributed by atoms with Gasteiger partial charge in [0.15, 0.2) is 6.61 Å². The number of nitrogens with one attached hydrogen (secondary N) is 1. The summed E-state index contributed by atoms with van der Waals surface area (Å²) < 4.78 is 4.91. The number of benzene rings is 2. The zero-order chi connectivity index (χ0) is 15.2. The first-order valence-electron chi connectivity index (χ1n) is 6.13. The van der Waals surface area contributed by atoms with Crippen molar-refractivity contribution in [2.75, 3.05) is 17.7 Å². The molecule has 0 saturated heterocycles. The summed E-state index contributed by atoms with van der Waals surface area (Å²) in [7, 11) is 0. The number of para-hydroxylation sites is 1. The molecule has 2 aromatic rings. The largest absolute Gasteiger partial charge is 0.452 e. The molecule has 0 fully saturated rings. The second kappa shape index (κ2) is 6.76. The minimum absolute atomic E-state index is 0.134. The molecule has 0 radical (unpaired) electrons. The van der Waals surface area contributed by atoms with E-state index in [1.165, 1.54) is 12.1 Å². The SMILES string of the molecule is Nc1ccc(Cl)cc1C(=O)OCC(=O)Nc1ccccc1. The third-order valence-electron chi connectivity index (χ3n) is 2.63. The van der Waals surface area contributed by atoms with Gasteiger partial charge in [0.2, 0.25) is 0 Å². The molecule has 0 bridgehead atoms. The fourth-order valence-corrected chi connectivity index (χ4v) is 1.80. The smallest absolute Gasteiger partial charge is 0.340 e. The van der Waals surface area contributed by atoms with Gasteiger partial charge in [-0.05, 0) is 30.3 Å². The van der Waals surface area contributed by atoms with E-state index in [0.717, 1.165) is 0 Å². The molecule has 0 spiro atoms. The molecule has 0 aromatic heterocycles. The lowest BCUT2D eigenvalue weighted by Gasteiger charge is -2.08. The molecule has 0 atom stereocenters. The highest BCUT2D eigenvalue weighted by Crippen LogP contribution is 2.18. The summed E-state index contributed by atoms with van der Waals surface area (Å²) in [6, 6.07) is 13.3. The van der Waals surface area contributed by atoms with Crippen LogP contribution in [0.5, 0.6) is 0 Å². The standard InChI is InChI=1S/C15H13ClN2O3/c16-10-6-7-13(17)12(8-10)15(20)21-9-14(19)18-11-4-2-1-3-5-11/h1-8H,9,17H2,(H,18,19). The predicted octanol–water partition coefficient (Wildman–Crippen LogP) is 2.72. The lowest BCUT2D eigenvalue weighted by atomic mass is 10.2. The van der Waals surface area contributed by atoms with Gasteiger partial charge in [-0.3, -0.25) is 4.79 Å². The van der Waals surface area contributed by atoms with Crippen LogP contribution in [-0.2, 0) is 9.53 Å². The second-order valence-corrected chi connectivity index (χ2v) is 4.66. The zero-order valence-electron chi connectivity index (χ0n) is 11.0. The van der Waals surface area contributed by atoms with Gasteiger partial charge in [0.1, 0.15) is 0 Å². The number of hydrogen-bond acceptors (Lipinski definition) is 4. The number of esters is 1. The van der Waals surface area contributed by atoms with Crippen LogP contribution >= 0.6 is 11.6 Å². The Morgan fingerprint density at radius 1 is 1.14 bits per heavy atom. The summed E-state index contributed by atoms with van der Waals surface area (Å²) in [5.74, 6) is -1.13. The maximum Gasteiger partial charge on any atom is 0.340 e. The molecule has 0 unspecified atom stereocenters. The number of ether oxygens (including phenoxy) is 1. The van der Waals surface area contributed by atoms with Crippen molar-refractivity contribution in [3.05, 3.63) is 59.1 Å². The van der Waals surface area contributed by atoms with Gasteiger partial charge in [-0.15, -0.1) is 0 Å². The van der Waals surface area contributed by atoms with E-state index in [9.17, 15) is 9.59 Å². The Kier molecular flexibility index (Phi) is 4.79. The predicted molar refractivity (Wildman–Crippen MR) is 81.2 cm³/mol. The Hall–Kier alpha value is -2.53. The van der Waals surface area contributed by atoms with E-state index in [2.05, 4.69) is 5.32 Å². The van der Waals surface area contributed by atoms with Gasteiger partial charge in [0.05, 0.1) is 5.56 Å². The van der Waals surface area contributed by atoms with Crippen LogP contribution in [0, 0.1) is 0 Å². The Balaban J connectivity index is 1.92. The highest BCUT2D eigenvalue weighted by molar-refractivity contribution is 6.31. The Morgan fingerprint density at radius 2 is 1.86 bits per heavy atom. The summed E-state index contributed by atoms with van der Waals surface area (Å²) in [6.07, 6.45) is 0. The Labute approximate surface area is 126 Å². The molecule has 2 aromatic carbocycles. The Morgan fingerprint density at radius 3 is 2.57 bits per heavy atom. The molecule has 0 aliphatic heterocycles. The second-order valence-electron chi connectivity index (χ2n) is 4.22. The molecule has 21 heavy (non-hydrogen) atoms. The van der Waals surface area contributed by atoms with Crippen LogP contribution in [0.4, 0.5) is 11.4 Å². The molecule has 5 nitrogen and oxygen atoms in total. The first kappa shape index (κ1) is 14.9. The van der Waals surface area contributed by atoms with Crippen molar-refractivity contribution in [2.45, 2.75) is 0 Å². The number of halogens is 1. The molecule has 0 aliphatic carbocycles. The molecule has 6 heteroatoms. The first-order valence-corrected chi connectivity index (χ1v) is 6.51. The maximum absolute atomic E-state index is 11.8. The van der Waals surface area contributed by atoms with Crippen molar-refractivity contribution >= 4 is 34.9 Å². The number of nitrogen functional groups attached to an aromatic ring is 1. The van der Waals surface area contributed by atoms with E-state index >= 15 is 0 Å². The summed E-state index contributed by atoms with van der Waals surface area (Å²) in [4.78, 5) is 23.5. The fraction of sp³-hybridized carbons (Fsp3) is 0.0667. The van der Waals surface area contributed by atoms with E-state index in [1.807, 2.05) is 6.07 Å². The van der Waals surface area contributed by atoms with E-state index in [1.54, 1.807) is 30.3 Å². The molecule has 0 aliphatic rings. The summed E-state index contributed by atoms with van der Waals surface area (Å²) >= 11 is 5.79. The van der Waals surface area contributed by atoms with Crippen LogP contribution in [0.25, 0.3) is 0 Å². The van der Waals surface area contributed by atoms with Gasteiger partial charge in [-0.2, -0.15) is 0 Å². The third-order valence-corrected chi connectivity index (χ3v) is 2.86.